The molecule has 0 saturated heterocycles. The van der Waals surface area contributed by atoms with E-state index in [2.05, 4.69) is 25.7 Å². The van der Waals surface area contributed by atoms with Crippen molar-refractivity contribution in [1.29, 1.82) is 0 Å². The number of hydrogen-bond donors (Lipinski definition) is 0. The average molecular weight is 546 g/mol. The molecule has 40 heavy (non-hydrogen) atoms. The van der Waals surface area contributed by atoms with Crippen LogP contribution >= 0.6 is 0 Å². The van der Waals surface area contributed by atoms with Crippen LogP contribution < -0.4 is 9.47 Å². The Morgan fingerprint density at radius 3 is 2.35 bits per heavy atom. The molecular weight excluding hydrogens is 505 g/mol. The summed E-state index contributed by atoms with van der Waals surface area (Å²) in [5.74, 6) is 0.861. The van der Waals surface area contributed by atoms with Gasteiger partial charge in [0, 0.05) is 24.1 Å². The van der Waals surface area contributed by atoms with Crippen molar-refractivity contribution in [2.75, 3.05) is 13.7 Å². The van der Waals surface area contributed by atoms with Crippen LogP contribution in [0.25, 0.3) is 11.1 Å². The number of hydrogen-bond acceptors (Lipinski definition) is 5. The van der Waals surface area contributed by atoms with Crippen molar-refractivity contribution in [2.45, 2.75) is 66.0 Å². The number of esters is 1. The van der Waals surface area contributed by atoms with E-state index in [1.54, 1.807) is 50.4 Å². The number of methoxy groups -OCH3 is 1. The summed E-state index contributed by atoms with van der Waals surface area (Å²) in [5, 5.41) is 0. The van der Waals surface area contributed by atoms with Crippen molar-refractivity contribution in [3.63, 3.8) is 0 Å². The van der Waals surface area contributed by atoms with Crippen LogP contribution in [0.3, 0.4) is 0 Å². The van der Waals surface area contributed by atoms with Crippen molar-refractivity contribution in [3.8, 4) is 22.6 Å². The van der Waals surface area contributed by atoms with E-state index < -0.39 is 5.97 Å². The minimum Gasteiger partial charge on any atom is -0.497 e. The fourth-order valence-corrected chi connectivity index (χ4v) is 5.46. The first-order chi connectivity index (χ1) is 19.1. The molecule has 0 amide bonds. The standard InChI is InChI=1S/C34H40FNO4/c1-7-36(21(2)3)20-27-17-26(13-15-30(27)31-19-28(39-6)14-16-32(31)35)34(38)40-29-10-8-9-25(18-29)33(24-11-12-24)22(4)23(5)37/h8-10,13-19,21-22,24,33H,7,11-12,20H2,1-6H3/t22-,33+/m1/s1. The number of ether oxygens (including phenoxy) is 2. The first-order valence-electron chi connectivity index (χ1n) is 14.2. The van der Waals surface area contributed by atoms with E-state index in [1.807, 2.05) is 25.1 Å². The van der Waals surface area contributed by atoms with Gasteiger partial charge in [-0.25, -0.2) is 9.18 Å². The van der Waals surface area contributed by atoms with Gasteiger partial charge in [-0.05, 0) is 111 Å². The van der Waals surface area contributed by atoms with Gasteiger partial charge < -0.3 is 9.47 Å². The van der Waals surface area contributed by atoms with Gasteiger partial charge in [-0.1, -0.05) is 32.0 Å². The fourth-order valence-electron chi connectivity index (χ4n) is 5.46. The lowest BCUT2D eigenvalue weighted by Crippen LogP contribution is -2.30. The zero-order valence-corrected chi connectivity index (χ0v) is 24.4. The molecule has 1 aliphatic rings. The number of Topliss-reactive ketones (excluding diaryl/α,β-unsaturated/α-hetero) is 1. The van der Waals surface area contributed by atoms with Crippen LogP contribution in [0.15, 0.2) is 60.7 Å². The molecule has 3 aromatic rings. The van der Waals surface area contributed by atoms with Crippen molar-refractivity contribution in [2.24, 2.45) is 11.8 Å². The maximum atomic E-state index is 15.0. The summed E-state index contributed by atoms with van der Waals surface area (Å²) >= 11 is 0. The van der Waals surface area contributed by atoms with Gasteiger partial charge in [0.15, 0.2) is 0 Å². The number of nitrogens with zero attached hydrogens (tertiary/aromatic N) is 1. The quantitative estimate of drug-likeness (QED) is 0.173. The second-order valence-corrected chi connectivity index (χ2v) is 11.1. The van der Waals surface area contributed by atoms with Gasteiger partial charge in [0.25, 0.3) is 0 Å². The molecular formula is C34H40FNO4. The second kappa shape index (κ2) is 12.8. The SMILES string of the molecule is CCN(Cc1cc(C(=O)Oc2cccc([C@H](C3CC3)[C@H](C)C(C)=O)c2)ccc1-c1cc(OC)ccc1F)C(C)C. The Morgan fingerprint density at radius 2 is 1.73 bits per heavy atom. The number of benzene rings is 3. The molecule has 1 saturated carbocycles. The predicted molar refractivity (Wildman–Crippen MR) is 156 cm³/mol. The van der Waals surface area contributed by atoms with E-state index in [0.717, 1.165) is 30.5 Å². The molecule has 5 nitrogen and oxygen atoms in total. The number of halogens is 1. The summed E-state index contributed by atoms with van der Waals surface area (Å²) < 4.78 is 26.2. The lowest BCUT2D eigenvalue weighted by atomic mass is 9.81. The van der Waals surface area contributed by atoms with E-state index in [1.165, 1.54) is 6.07 Å². The summed E-state index contributed by atoms with van der Waals surface area (Å²) in [6, 6.07) is 17.8. The molecule has 1 fully saturated rings. The highest BCUT2D eigenvalue weighted by atomic mass is 19.1. The molecule has 212 valence electrons. The molecule has 0 aliphatic heterocycles. The fraction of sp³-hybridized carbons (Fsp3) is 0.412. The molecule has 2 atom stereocenters. The van der Waals surface area contributed by atoms with E-state index >= 15 is 0 Å². The average Bonchev–Trinajstić information content (AvgIpc) is 3.77. The number of carbonyl (C=O) groups is 2. The summed E-state index contributed by atoms with van der Waals surface area (Å²) in [5.41, 5.74) is 3.38. The van der Waals surface area contributed by atoms with Crippen LogP contribution in [-0.4, -0.2) is 36.3 Å². The molecule has 0 unspecified atom stereocenters. The number of carbonyl (C=O) groups excluding carboxylic acids is 2. The van der Waals surface area contributed by atoms with Gasteiger partial charge in [0.2, 0.25) is 0 Å². The number of rotatable bonds is 12. The Morgan fingerprint density at radius 1 is 0.975 bits per heavy atom. The normalized spacial score (nSPS) is 14.7. The minimum absolute atomic E-state index is 0.0898. The van der Waals surface area contributed by atoms with Crippen LogP contribution in [-0.2, 0) is 11.3 Å². The zero-order chi connectivity index (χ0) is 29.0. The molecule has 0 spiro atoms. The van der Waals surface area contributed by atoms with E-state index in [4.69, 9.17) is 9.47 Å². The van der Waals surface area contributed by atoms with E-state index in [0.29, 0.717) is 40.7 Å². The summed E-state index contributed by atoms with van der Waals surface area (Å²) in [7, 11) is 1.55. The van der Waals surface area contributed by atoms with E-state index in [-0.39, 0.29) is 29.5 Å². The molecule has 0 aromatic heterocycles. The van der Waals surface area contributed by atoms with Crippen LogP contribution in [0.4, 0.5) is 4.39 Å². The molecule has 0 heterocycles. The lowest BCUT2D eigenvalue weighted by Gasteiger charge is -2.26. The van der Waals surface area contributed by atoms with Crippen molar-refractivity contribution >= 4 is 11.8 Å². The third-order valence-corrected chi connectivity index (χ3v) is 8.08. The first kappa shape index (κ1) is 29.5. The Kier molecular flexibility index (Phi) is 9.41. The van der Waals surface area contributed by atoms with Gasteiger partial charge in [-0.3, -0.25) is 9.69 Å². The highest BCUT2D eigenvalue weighted by Gasteiger charge is 2.37. The van der Waals surface area contributed by atoms with Gasteiger partial charge in [0.1, 0.15) is 23.1 Å². The minimum atomic E-state index is -0.480. The highest BCUT2D eigenvalue weighted by molar-refractivity contribution is 5.92. The number of ketones is 1. The third-order valence-electron chi connectivity index (χ3n) is 8.08. The van der Waals surface area contributed by atoms with Gasteiger partial charge in [-0.15, -0.1) is 0 Å². The Labute approximate surface area is 237 Å². The Bertz CT molecular complexity index is 1360. The van der Waals surface area contributed by atoms with Crippen LogP contribution in [0.5, 0.6) is 11.5 Å². The van der Waals surface area contributed by atoms with Gasteiger partial charge in [-0.2, -0.15) is 0 Å². The Balaban J connectivity index is 1.66. The molecule has 1 aliphatic carbocycles. The third kappa shape index (κ3) is 6.79. The second-order valence-electron chi connectivity index (χ2n) is 11.1. The predicted octanol–water partition coefficient (Wildman–Crippen LogP) is 7.67. The van der Waals surface area contributed by atoms with Crippen LogP contribution in [0.1, 0.15) is 74.9 Å². The molecule has 0 radical (unpaired) electrons. The molecule has 6 heteroatoms. The maximum Gasteiger partial charge on any atom is 0.343 e. The largest absolute Gasteiger partial charge is 0.497 e. The van der Waals surface area contributed by atoms with Gasteiger partial charge >= 0.3 is 5.97 Å². The topological polar surface area (TPSA) is 55.8 Å². The molecule has 3 aromatic carbocycles. The lowest BCUT2D eigenvalue weighted by molar-refractivity contribution is -0.121. The summed E-state index contributed by atoms with van der Waals surface area (Å²) in [6.07, 6.45) is 2.22. The van der Waals surface area contributed by atoms with E-state index in [9.17, 15) is 14.0 Å². The zero-order valence-electron chi connectivity index (χ0n) is 24.4. The van der Waals surface area contributed by atoms with Crippen LogP contribution in [0.2, 0.25) is 0 Å². The summed E-state index contributed by atoms with van der Waals surface area (Å²) in [4.78, 5) is 27.8. The van der Waals surface area contributed by atoms with Crippen molar-refractivity contribution in [3.05, 3.63) is 83.2 Å². The van der Waals surface area contributed by atoms with Gasteiger partial charge in [0.05, 0.1) is 12.7 Å². The molecule has 4 rings (SSSR count). The Hall–Kier alpha value is -3.51. The van der Waals surface area contributed by atoms with Crippen molar-refractivity contribution < 1.29 is 23.5 Å². The molecule has 0 bridgehead atoms. The maximum absolute atomic E-state index is 15.0. The monoisotopic (exact) mass is 545 g/mol. The summed E-state index contributed by atoms with van der Waals surface area (Å²) in [6.45, 7) is 11.3. The van der Waals surface area contributed by atoms with Crippen LogP contribution in [0, 0.1) is 17.7 Å². The first-order valence-corrected chi connectivity index (χ1v) is 14.2. The smallest absolute Gasteiger partial charge is 0.343 e. The highest BCUT2D eigenvalue weighted by Crippen LogP contribution is 2.47. The molecule has 0 N–H and O–H groups in total. The van der Waals surface area contributed by atoms with Crippen molar-refractivity contribution in [1.82, 2.24) is 4.90 Å².